The van der Waals surface area contributed by atoms with E-state index in [4.69, 9.17) is 10.2 Å². The van der Waals surface area contributed by atoms with Gasteiger partial charge in [0, 0.05) is 26.2 Å². The lowest BCUT2D eigenvalue weighted by molar-refractivity contribution is -0.132. The van der Waals surface area contributed by atoms with Gasteiger partial charge in [0.15, 0.2) is 5.58 Å². The summed E-state index contributed by atoms with van der Waals surface area (Å²) in [4.78, 5) is 20.4. The molecule has 1 aliphatic heterocycles. The number of anilines is 1. The second-order valence-electron chi connectivity index (χ2n) is 5.29. The van der Waals surface area contributed by atoms with Crippen molar-refractivity contribution in [3.05, 3.63) is 24.3 Å². The molecule has 0 spiro atoms. The van der Waals surface area contributed by atoms with Crippen LogP contribution in [0.1, 0.15) is 13.3 Å². The third-order valence-electron chi connectivity index (χ3n) is 3.90. The van der Waals surface area contributed by atoms with Crippen molar-refractivity contribution in [1.29, 1.82) is 0 Å². The first-order valence-corrected chi connectivity index (χ1v) is 7.34. The molecule has 1 aromatic heterocycles. The number of carbonyl (C=O) groups excluding carboxylic acids is 1. The van der Waals surface area contributed by atoms with Crippen LogP contribution in [0.3, 0.4) is 0 Å². The van der Waals surface area contributed by atoms with Crippen molar-refractivity contribution in [2.75, 3.05) is 31.1 Å². The second kappa shape index (κ2) is 8.38. The minimum absolute atomic E-state index is 0. The molecule has 23 heavy (non-hydrogen) atoms. The molecular weight excluding hydrogens is 339 g/mol. The summed E-state index contributed by atoms with van der Waals surface area (Å²) in [7, 11) is 0. The lowest BCUT2D eigenvalue weighted by Crippen LogP contribution is -2.53. The normalized spacial score (nSPS) is 15.7. The number of para-hydroxylation sites is 2. The van der Waals surface area contributed by atoms with Crippen LogP contribution in [0.2, 0.25) is 0 Å². The van der Waals surface area contributed by atoms with Gasteiger partial charge in [0.2, 0.25) is 5.91 Å². The Labute approximate surface area is 147 Å². The number of halogens is 2. The van der Waals surface area contributed by atoms with E-state index >= 15 is 0 Å². The lowest BCUT2D eigenvalue weighted by Gasteiger charge is -2.34. The minimum Gasteiger partial charge on any atom is -0.423 e. The Balaban J connectivity index is 0.00000132. The second-order valence-corrected chi connectivity index (χ2v) is 5.29. The van der Waals surface area contributed by atoms with Crippen LogP contribution < -0.4 is 10.6 Å². The van der Waals surface area contributed by atoms with Crippen molar-refractivity contribution < 1.29 is 9.21 Å². The number of piperazine rings is 1. The highest BCUT2D eigenvalue weighted by Gasteiger charge is 2.26. The molecule has 1 aromatic carbocycles. The van der Waals surface area contributed by atoms with E-state index in [-0.39, 0.29) is 36.8 Å². The van der Waals surface area contributed by atoms with E-state index in [1.165, 1.54) is 0 Å². The topological polar surface area (TPSA) is 75.6 Å². The monoisotopic (exact) mass is 360 g/mol. The zero-order valence-corrected chi connectivity index (χ0v) is 14.6. The maximum absolute atomic E-state index is 12.1. The Morgan fingerprint density at radius 1 is 1.26 bits per heavy atom. The molecule has 128 valence electrons. The van der Waals surface area contributed by atoms with Gasteiger partial charge in [0.1, 0.15) is 5.52 Å². The molecule has 1 atom stereocenters. The van der Waals surface area contributed by atoms with Crippen molar-refractivity contribution in [2.45, 2.75) is 19.4 Å². The number of aromatic nitrogens is 1. The van der Waals surface area contributed by atoms with E-state index in [1.807, 2.05) is 36.1 Å². The molecule has 2 aromatic rings. The SMILES string of the molecule is CC[C@H](N)C(=O)N1CCN(c2nc3ccccc3o2)CC1.Cl.Cl. The molecule has 1 saturated heterocycles. The summed E-state index contributed by atoms with van der Waals surface area (Å²) in [6.45, 7) is 4.68. The van der Waals surface area contributed by atoms with Gasteiger partial charge in [-0.3, -0.25) is 4.79 Å². The molecule has 0 bridgehead atoms. The van der Waals surface area contributed by atoms with Crippen LogP contribution in [-0.4, -0.2) is 48.0 Å². The quantitative estimate of drug-likeness (QED) is 0.906. The molecule has 1 aliphatic rings. The Bertz CT molecular complexity index is 608. The number of benzene rings is 1. The van der Waals surface area contributed by atoms with Crippen LogP contribution in [0.15, 0.2) is 28.7 Å². The summed E-state index contributed by atoms with van der Waals surface area (Å²) in [5, 5.41) is 0. The Hall–Kier alpha value is -1.50. The smallest absolute Gasteiger partial charge is 0.298 e. The van der Waals surface area contributed by atoms with Gasteiger partial charge in [0.25, 0.3) is 6.01 Å². The molecule has 0 aliphatic carbocycles. The Kier molecular flexibility index (Phi) is 7.12. The fourth-order valence-electron chi connectivity index (χ4n) is 2.52. The van der Waals surface area contributed by atoms with Crippen LogP contribution >= 0.6 is 24.8 Å². The van der Waals surface area contributed by atoms with Crippen LogP contribution in [-0.2, 0) is 4.79 Å². The molecule has 6 nitrogen and oxygen atoms in total. The van der Waals surface area contributed by atoms with Crippen molar-refractivity contribution in [3.63, 3.8) is 0 Å². The molecule has 1 amide bonds. The van der Waals surface area contributed by atoms with Crippen LogP contribution in [0, 0.1) is 0 Å². The molecule has 8 heteroatoms. The molecule has 2 heterocycles. The van der Waals surface area contributed by atoms with Gasteiger partial charge in [-0.15, -0.1) is 24.8 Å². The van der Waals surface area contributed by atoms with E-state index in [2.05, 4.69) is 9.88 Å². The van der Waals surface area contributed by atoms with E-state index < -0.39 is 0 Å². The number of oxazole rings is 1. The molecule has 0 saturated carbocycles. The van der Waals surface area contributed by atoms with Crippen molar-refractivity contribution in [3.8, 4) is 0 Å². The predicted octanol–water partition coefficient (Wildman–Crippen LogP) is 2.06. The number of nitrogens with zero attached hydrogens (tertiary/aromatic N) is 3. The summed E-state index contributed by atoms with van der Waals surface area (Å²) >= 11 is 0. The summed E-state index contributed by atoms with van der Waals surface area (Å²) in [5.74, 6) is 0.0368. The average molecular weight is 361 g/mol. The molecule has 0 radical (unpaired) electrons. The van der Waals surface area contributed by atoms with Gasteiger partial charge in [0.05, 0.1) is 6.04 Å². The Morgan fingerprint density at radius 3 is 2.52 bits per heavy atom. The van der Waals surface area contributed by atoms with Crippen molar-refractivity contribution >= 4 is 47.8 Å². The van der Waals surface area contributed by atoms with E-state index in [0.29, 0.717) is 25.5 Å². The fraction of sp³-hybridized carbons (Fsp3) is 0.467. The number of amides is 1. The summed E-state index contributed by atoms with van der Waals surface area (Å²) in [6, 6.07) is 7.95. The highest BCUT2D eigenvalue weighted by Crippen LogP contribution is 2.22. The number of carbonyl (C=O) groups is 1. The van der Waals surface area contributed by atoms with E-state index in [9.17, 15) is 4.79 Å². The highest BCUT2D eigenvalue weighted by atomic mass is 35.5. The van der Waals surface area contributed by atoms with Gasteiger partial charge in [-0.2, -0.15) is 4.98 Å². The standard InChI is InChI=1S/C15H20N4O2.2ClH/c1-2-11(16)14(20)18-7-9-19(10-8-18)15-17-12-5-3-4-6-13(12)21-15;;/h3-6,11H,2,7-10,16H2,1H3;2*1H/t11-;;/m0../s1. The largest absolute Gasteiger partial charge is 0.423 e. The highest BCUT2D eigenvalue weighted by molar-refractivity contribution is 5.85. The lowest BCUT2D eigenvalue weighted by atomic mass is 10.2. The number of rotatable bonds is 3. The first kappa shape index (κ1) is 19.5. The third-order valence-corrected chi connectivity index (χ3v) is 3.90. The van der Waals surface area contributed by atoms with Gasteiger partial charge < -0.3 is 20.0 Å². The molecule has 3 rings (SSSR count). The average Bonchev–Trinajstić information content (AvgIpc) is 2.97. The zero-order valence-electron chi connectivity index (χ0n) is 13.0. The number of hydrogen-bond acceptors (Lipinski definition) is 5. The Morgan fingerprint density at radius 2 is 1.91 bits per heavy atom. The van der Waals surface area contributed by atoms with Crippen LogP contribution in [0.5, 0.6) is 0 Å². The van der Waals surface area contributed by atoms with Crippen LogP contribution in [0.25, 0.3) is 11.1 Å². The van der Waals surface area contributed by atoms with Gasteiger partial charge in [-0.05, 0) is 18.6 Å². The van der Waals surface area contributed by atoms with E-state index in [0.717, 1.165) is 24.2 Å². The maximum atomic E-state index is 12.1. The van der Waals surface area contributed by atoms with Gasteiger partial charge >= 0.3 is 0 Å². The molecular formula is C15H22Cl2N4O2. The zero-order chi connectivity index (χ0) is 14.8. The fourth-order valence-corrected chi connectivity index (χ4v) is 2.52. The van der Waals surface area contributed by atoms with E-state index in [1.54, 1.807) is 0 Å². The van der Waals surface area contributed by atoms with Crippen molar-refractivity contribution in [1.82, 2.24) is 9.88 Å². The van der Waals surface area contributed by atoms with Gasteiger partial charge in [-0.1, -0.05) is 19.1 Å². The molecule has 0 unspecified atom stereocenters. The maximum Gasteiger partial charge on any atom is 0.298 e. The summed E-state index contributed by atoms with van der Waals surface area (Å²) < 4.78 is 5.76. The number of fused-ring (bicyclic) bond motifs is 1. The number of nitrogens with two attached hydrogens (primary N) is 1. The first-order chi connectivity index (χ1) is 10.2. The van der Waals surface area contributed by atoms with Crippen molar-refractivity contribution in [2.24, 2.45) is 5.73 Å². The first-order valence-electron chi connectivity index (χ1n) is 7.34. The molecule has 1 fully saturated rings. The van der Waals surface area contributed by atoms with Gasteiger partial charge in [-0.25, -0.2) is 0 Å². The summed E-state index contributed by atoms with van der Waals surface area (Å²) in [6.07, 6.45) is 0.671. The van der Waals surface area contributed by atoms with Crippen LogP contribution in [0.4, 0.5) is 6.01 Å². The predicted molar refractivity (Wildman–Crippen MR) is 95.6 cm³/mol. The third kappa shape index (κ3) is 4.07. The molecule has 2 N–H and O–H groups in total. The summed E-state index contributed by atoms with van der Waals surface area (Å²) in [5.41, 5.74) is 7.46. The minimum atomic E-state index is -0.388. The number of hydrogen-bond donors (Lipinski definition) is 1.